The molecule has 8 N–H and O–H groups in total. The van der Waals surface area contributed by atoms with Crippen molar-refractivity contribution in [3.63, 3.8) is 0 Å². The summed E-state index contributed by atoms with van der Waals surface area (Å²) in [6.07, 6.45) is -2.47. The van der Waals surface area contributed by atoms with E-state index in [1.54, 1.807) is 19.6 Å². The fourth-order valence-electron chi connectivity index (χ4n) is 4.09. The van der Waals surface area contributed by atoms with E-state index in [1.807, 2.05) is 13.8 Å². The van der Waals surface area contributed by atoms with Gasteiger partial charge < -0.3 is 40.9 Å². The van der Waals surface area contributed by atoms with Gasteiger partial charge in [-0.05, 0) is 0 Å². The van der Waals surface area contributed by atoms with Crippen LogP contribution in [0.1, 0.15) is 13.8 Å². The second kappa shape index (κ2) is 19.6. The fraction of sp³-hybridized carbons (Fsp3) is 0.909. The first kappa shape index (κ1) is 34.5. The molecule has 214 valence electrons. The summed E-state index contributed by atoms with van der Waals surface area (Å²) in [5.41, 5.74) is 0. The van der Waals surface area contributed by atoms with Crippen LogP contribution in [-0.2, 0) is 9.59 Å². The Balaban J connectivity index is 0.00000596. The van der Waals surface area contributed by atoms with Gasteiger partial charge in [-0.1, -0.05) is 13.8 Å². The van der Waals surface area contributed by atoms with Gasteiger partial charge in [0.25, 0.3) is 0 Å². The van der Waals surface area contributed by atoms with Gasteiger partial charge in [-0.25, -0.2) is 0 Å². The second-order valence-corrected chi connectivity index (χ2v) is 8.41. The Hall–Kier alpha value is -1.46. The van der Waals surface area contributed by atoms with E-state index in [0.29, 0.717) is 0 Å². The van der Waals surface area contributed by atoms with Crippen molar-refractivity contribution in [2.75, 3.05) is 91.9 Å². The highest BCUT2D eigenvalue weighted by Crippen LogP contribution is 2.10. The van der Waals surface area contributed by atoms with E-state index < -0.39 is 62.7 Å². The molecule has 14 nitrogen and oxygen atoms in total. The topological polar surface area (TPSA) is 209 Å². The first-order chi connectivity index (χ1) is 17.2. The number of aliphatic hydroxyl groups is 6. The summed E-state index contributed by atoms with van der Waals surface area (Å²) in [7, 11) is 0. The van der Waals surface area contributed by atoms with Crippen LogP contribution in [0, 0.1) is 0 Å². The molecule has 0 spiro atoms. The number of aliphatic carboxylic acids is 2. The molecular weight excluding hydrogens is 480 g/mol. The van der Waals surface area contributed by atoms with Crippen LogP contribution in [-0.4, -0.2) is 189 Å². The smallest absolute Gasteiger partial charge is 0.317 e. The molecule has 1 heterocycles. The fourth-order valence-corrected chi connectivity index (χ4v) is 4.09. The monoisotopic (exact) mass is 526 g/mol. The average Bonchev–Trinajstić information content (AvgIpc) is 2.85. The SMILES string of the molecule is CC.O=C(O)CN1CCN(C(CO)[C@H](O)CO)CCN(CC(=O)O)CCN(C(CO)[C@@H](O)CO)CC1. The Morgan fingerprint density at radius 3 is 1.06 bits per heavy atom. The lowest BCUT2D eigenvalue weighted by Crippen LogP contribution is -2.56. The lowest BCUT2D eigenvalue weighted by Gasteiger charge is -2.39. The van der Waals surface area contributed by atoms with E-state index in [1.165, 1.54) is 0 Å². The minimum atomic E-state index is -1.24. The number of hydrogen-bond donors (Lipinski definition) is 8. The molecule has 2 unspecified atom stereocenters. The molecule has 0 aliphatic carbocycles. The summed E-state index contributed by atoms with van der Waals surface area (Å²) in [6.45, 7) is 3.25. The van der Waals surface area contributed by atoms with Gasteiger partial charge in [0.2, 0.25) is 0 Å². The minimum absolute atomic E-state index is 0.235. The van der Waals surface area contributed by atoms with E-state index in [4.69, 9.17) is 0 Å². The predicted molar refractivity (Wildman–Crippen MR) is 131 cm³/mol. The third-order valence-electron chi connectivity index (χ3n) is 6.11. The Bertz CT molecular complexity index is 537. The number of aliphatic hydroxyl groups excluding tert-OH is 6. The summed E-state index contributed by atoms with van der Waals surface area (Å²) in [5, 5.41) is 77.2. The molecule has 1 saturated heterocycles. The lowest BCUT2D eigenvalue weighted by molar-refractivity contribution is -0.139. The van der Waals surface area contributed by atoms with Crippen LogP contribution in [0.25, 0.3) is 0 Å². The van der Waals surface area contributed by atoms with Crippen molar-refractivity contribution in [2.45, 2.75) is 38.1 Å². The minimum Gasteiger partial charge on any atom is -0.480 e. The van der Waals surface area contributed by atoms with Crippen molar-refractivity contribution in [3.8, 4) is 0 Å². The van der Waals surface area contributed by atoms with Crippen molar-refractivity contribution in [1.82, 2.24) is 19.6 Å². The zero-order valence-electron chi connectivity index (χ0n) is 21.4. The van der Waals surface area contributed by atoms with Crippen LogP contribution in [0.5, 0.6) is 0 Å². The van der Waals surface area contributed by atoms with Crippen molar-refractivity contribution in [2.24, 2.45) is 0 Å². The summed E-state index contributed by atoms with van der Waals surface area (Å²) in [6, 6.07) is -1.64. The molecule has 0 bridgehead atoms. The maximum Gasteiger partial charge on any atom is 0.317 e. The molecule has 1 aliphatic heterocycles. The van der Waals surface area contributed by atoms with E-state index in [0.717, 1.165) is 0 Å². The standard InChI is InChI=1S/C20H40N4O10.C2H6/c25-11-15(17(29)13-27)23-5-1-21(9-19(31)32)2-6-24(16(12-26)18(30)14-28)8-4-22(3-7-23)10-20(33)34;1-2/h15-18,25-30H,1-14H2,(H,31,32)(H,33,34);1-2H3/t15?,16?,17-,18+;. The second-order valence-electron chi connectivity index (χ2n) is 8.41. The first-order valence-corrected chi connectivity index (χ1v) is 12.3. The molecule has 14 heteroatoms. The van der Waals surface area contributed by atoms with Gasteiger partial charge in [-0.2, -0.15) is 0 Å². The number of nitrogens with zero attached hydrogens (tertiary/aromatic N) is 4. The number of carboxylic acids is 2. The molecule has 0 aromatic rings. The lowest BCUT2D eigenvalue weighted by atomic mass is 10.1. The maximum atomic E-state index is 11.4. The van der Waals surface area contributed by atoms with Crippen LogP contribution in [0.3, 0.4) is 0 Å². The van der Waals surface area contributed by atoms with E-state index in [-0.39, 0.29) is 65.4 Å². The highest BCUT2D eigenvalue weighted by atomic mass is 16.4. The van der Waals surface area contributed by atoms with Gasteiger partial charge >= 0.3 is 11.9 Å². The predicted octanol–water partition coefficient (Wildman–Crippen LogP) is -4.17. The third kappa shape index (κ3) is 12.7. The maximum absolute atomic E-state index is 11.4. The van der Waals surface area contributed by atoms with Crippen molar-refractivity contribution in [3.05, 3.63) is 0 Å². The Morgan fingerprint density at radius 2 is 0.861 bits per heavy atom. The molecule has 0 radical (unpaired) electrons. The molecule has 0 aromatic carbocycles. The molecule has 0 amide bonds. The molecular formula is C22H46N4O10. The third-order valence-corrected chi connectivity index (χ3v) is 6.11. The van der Waals surface area contributed by atoms with Gasteiger partial charge in [0.05, 0.1) is 63.8 Å². The van der Waals surface area contributed by atoms with Crippen LogP contribution in [0.2, 0.25) is 0 Å². The number of hydrogen-bond acceptors (Lipinski definition) is 12. The highest BCUT2D eigenvalue weighted by molar-refractivity contribution is 5.69. The molecule has 1 fully saturated rings. The molecule has 1 rings (SSSR count). The number of carboxylic acid groups (broad SMARTS) is 2. The molecule has 0 saturated carbocycles. The number of carbonyl (C=O) groups is 2. The quantitative estimate of drug-likeness (QED) is 0.121. The summed E-state index contributed by atoms with van der Waals surface area (Å²) < 4.78 is 0. The normalized spacial score (nSPS) is 21.2. The van der Waals surface area contributed by atoms with Crippen molar-refractivity contribution < 1.29 is 50.4 Å². The molecule has 1 aliphatic rings. The van der Waals surface area contributed by atoms with E-state index in [2.05, 4.69) is 0 Å². The molecule has 36 heavy (non-hydrogen) atoms. The van der Waals surface area contributed by atoms with E-state index in [9.17, 15) is 50.4 Å². The molecule has 0 aromatic heterocycles. The highest BCUT2D eigenvalue weighted by Gasteiger charge is 2.29. The van der Waals surface area contributed by atoms with E-state index >= 15 is 0 Å². The Labute approximate surface area is 212 Å². The Morgan fingerprint density at radius 1 is 0.583 bits per heavy atom. The van der Waals surface area contributed by atoms with Gasteiger partial charge in [-0.3, -0.25) is 29.2 Å². The van der Waals surface area contributed by atoms with Crippen LogP contribution >= 0.6 is 0 Å². The van der Waals surface area contributed by atoms with Gasteiger partial charge in [-0.15, -0.1) is 0 Å². The molecule has 4 atom stereocenters. The van der Waals surface area contributed by atoms with Gasteiger partial charge in [0.15, 0.2) is 0 Å². The summed E-state index contributed by atoms with van der Waals surface area (Å²) in [4.78, 5) is 29.4. The van der Waals surface area contributed by atoms with Crippen LogP contribution in [0.15, 0.2) is 0 Å². The van der Waals surface area contributed by atoms with Crippen molar-refractivity contribution in [1.29, 1.82) is 0 Å². The average molecular weight is 527 g/mol. The van der Waals surface area contributed by atoms with Gasteiger partial charge in [0, 0.05) is 52.4 Å². The zero-order chi connectivity index (χ0) is 27.7. The summed E-state index contributed by atoms with van der Waals surface area (Å²) >= 11 is 0. The number of rotatable bonds is 12. The Kier molecular flexibility index (Phi) is 18.8. The van der Waals surface area contributed by atoms with Crippen LogP contribution in [0.4, 0.5) is 0 Å². The largest absolute Gasteiger partial charge is 0.480 e. The zero-order valence-corrected chi connectivity index (χ0v) is 21.4. The first-order valence-electron chi connectivity index (χ1n) is 12.3. The van der Waals surface area contributed by atoms with Gasteiger partial charge in [0.1, 0.15) is 0 Å². The van der Waals surface area contributed by atoms with Crippen LogP contribution < -0.4 is 0 Å². The summed E-state index contributed by atoms with van der Waals surface area (Å²) in [5.74, 6) is -2.11. The van der Waals surface area contributed by atoms with Crippen molar-refractivity contribution >= 4 is 11.9 Å².